The number of hydrogen-bond donors (Lipinski definition) is 2. The van der Waals surface area contributed by atoms with Crippen molar-refractivity contribution in [1.29, 1.82) is 0 Å². The first-order chi connectivity index (χ1) is 9.70. The monoisotopic (exact) mass is 287 g/mol. The topological polar surface area (TPSA) is 36.4 Å². The van der Waals surface area contributed by atoms with E-state index in [0.717, 1.165) is 17.1 Å². The third-order valence-corrected chi connectivity index (χ3v) is 4.56. The fourth-order valence-corrected chi connectivity index (χ4v) is 2.61. The molecule has 3 nitrogen and oxygen atoms in total. The van der Waals surface area contributed by atoms with Gasteiger partial charge >= 0.3 is 0 Å². The van der Waals surface area contributed by atoms with Gasteiger partial charge in [0.15, 0.2) is 0 Å². The van der Waals surface area contributed by atoms with Crippen LogP contribution in [0, 0.1) is 0 Å². The fraction of sp³-hybridized carbons (Fsp3) is 0.611. The molecule has 2 aliphatic rings. The predicted molar refractivity (Wildman–Crippen MR) is 91.3 cm³/mol. The highest BCUT2D eigenvalue weighted by atomic mass is 15.1. The summed E-state index contributed by atoms with van der Waals surface area (Å²) in [6, 6.07) is 0. The Morgan fingerprint density at radius 2 is 1.43 bits per heavy atom. The van der Waals surface area contributed by atoms with E-state index in [2.05, 4.69) is 63.5 Å². The number of rotatable bonds is 7. The molecule has 0 heterocycles. The van der Waals surface area contributed by atoms with Crippen LogP contribution in [-0.2, 0) is 0 Å². The first kappa shape index (κ1) is 15.9. The van der Waals surface area contributed by atoms with Crippen LogP contribution in [0.25, 0.3) is 0 Å². The molecule has 3 heteroatoms. The summed E-state index contributed by atoms with van der Waals surface area (Å²) in [7, 11) is 0. The molecule has 0 unspecified atom stereocenters. The van der Waals surface area contributed by atoms with E-state index in [-0.39, 0.29) is 11.1 Å². The van der Waals surface area contributed by atoms with Crippen molar-refractivity contribution >= 4 is 6.72 Å². The molecule has 0 spiro atoms. The van der Waals surface area contributed by atoms with Gasteiger partial charge in [-0.2, -0.15) is 0 Å². The molecular weight excluding hydrogens is 258 g/mol. The molecule has 0 aromatic heterocycles. The summed E-state index contributed by atoms with van der Waals surface area (Å²) in [5.74, 6) is 0.884. The molecule has 0 aromatic rings. The molecule has 2 fully saturated rings. The molecule has 0 bridgehead atoms. The lowest BCUT2D eigenvalue weighted by Crippen LogP contribution is -2.30. The molecule has 2 rings (SSSR count). The summed E-state index contributed by atoms with van der Waals surface area (Å²) in [5, 5.41) is 7.11. The van der Waals surface area contributed by atoms with E-state index in [1.807, 2.05) is 0 Å². The zero-order valence-electron chi connectivity index (χ0n) is 14.2. The Balaban J connectivity index is 2.25. The third-order valence-electron chi connectivity index (χ3n) is 4.56. The third kappa shape index (κ3) is 3.78. The van der Waals surface area contributed by atoms with E-state index in [9.17, 15) is 0 Å². The van der Waals surface area contributed by atoms with E-state index in [4.69, 9.17) is 0 Å². The normalized spacial score (nSPS) is 21.8. The van der Waals surface area contributed by atoms with Crippen LogP contribution in [0.15, 0.2) is 39.8 Å². The van der Waals surface area contributed by atoms with Crippen molar-refractivity contribution in [1.82, 2.24) is 10.6 Å². The Hall–Kier alpha value is -1.51. The lowest BCUT2D eigenvalue weighted by atomic mass is 9.99. The van der Waals surface area contributed by atoms with Gasteiger partial charge in [-0.3, -0.25) is 0 Å². The maximum absolute atomic E-state index is 4.26. The van der Waals surface area contributed by atoms with Crippen molar-refractivity contribution in [2.75, 3.05) is 0 Å². The highest BCUT2D eigenvalue weighted by Crippen LogP contribution is 2.38. The first-order valence-corrected chi connectivity index (χ1v) is 7.81. The van der Waals surface area contributed by atoms with E-state index in [1.54, 1.807) is 0 Å². The minimum atomic E-state index is 0.196. The van der Waals surface area contributed by atoms with Gasteiger partial charge in [0.1, 0.15) is 5.82 Å². The molecule has 116 valence electrons. The minimum Gasteiger partial charge on any atom is -0.380 e. The summed E-state index contributed by atoms with van der Waals surface area (Å²) >= 11 is 0. The van der Waals surface area contributed by atoms with Gasteiger partial charge < -0.3 is 10.6 Å². The van der Waals surface area contributed by atoms with Gasteiger partial charge in [-0.1, -0.05) is 12.2 Å². The molecule has 0 radical (unpaired) electrons. The van der Waals surface area contributed by atoms with Crippen LogP contribution in [0.2, 0.25) is 0 Å². The fourth-order valence-electron chi connectivity index (χ4n) is 2.61. The predicted octanol–water partition coefficient (Wildman–Crippen LogP) is 4.05. The van der Waals surface area contributed by atoms with Crippen LogP contribution in [-0.4, -0.2) is 17.8 Å². The Kier molecular flexibility index (Phi) is 4.05. The zero-order valence-corrected chi connectivity index (χ0v) is 14.2. The van der Waals surface area contributed by atoms with Gasteiger partial charge in [0.2, 0.25) is 0 Å². The van der Waals surface area contributed by atoms with Crippen LogP contribution >= 0.6 is 0 Å². The Morgan fingerprint density at radius 3 is 1.81 bits per heavy atom. The van der Waals surface area contributed by atoms with Crippen LogP contribution in [0.5, 0.6) is 0 Å². The molecule has 21 heavy (non-hydrogen) atoms. The van der Waals surface area contributed by atoms with Crippen molar-refractivity contribution in [3.8, 4) is 0 Å². The van der Waals surface area contributed by atoms with Crippen molar-refractivity contribution in [3.05, 3.63) is 34.8 Å². The van der Waals surface area contributed by atoms with Crippen molar-refractivity contribution in [2.45, 2.75) is 71.4 Å². The number of aliphatic imine (C=N–C) groups is 1. The van der Waals surface area contributed by atoms with Crippen LogP contribution in [0.4, 0.5) is 0 Å². The summed E-state index contributed by atoms with van der Waals surface area (Å²) < 4.78 is 0. The van der Waals surface area contributed by atoms with Crippen LogP contribution in [0.3, 0.4) is 0 Å². The standard InChI is InChI=1S/C18H29N3/c1-12(2)15(14(4)20-17(5)8-9-17)13(3)16(19-7)21-18(6)10-11-18/h20-21H,4,7-11H2,1-3,5-6H3/b16-13-. The van der Waals surface area contributed by atoms with Gasteiger partial charge in [0.05, 0.1) is 0 Å². The summed E-state index contributed by atoms with van der Waals surface area (Å²) in [6.07, 6.45) is 4.82. The quantitative estimate of drug-likeness (QED) is 0.547. The Labute approximate surface area is 129 Å². The zero-order chi connectivity index (χ0) is 15.8. The number of nitrogens with zero attached hydrogens (tertiary/aromatic N) is 1. The average Bonchev–Trinajstić information content (AvgIpc) is 3.27. The van der Waals surface area contributed by atoms with Gasteiger partial charge in [-0.25, -0.2) is 4.99 Å². The van der Waals surface area contributed by atoms with Gasteiger partial charge in [0.25, 0.3) is 0 Å². The first-order valence-electron chi connectivity index (χ1n) is 7.81. The van der Waals surface area contributed by atoms with Gasteiger partial charge in [-0.15, -0.1) is 0 Å². The maximum Gasteiger partial charge on any atom is 0.129 e. The second-order valence-electron chi connectivity index (χ2n) is 7.36. The number of nitrogens with one attached hydrogen (secondary N) is 2. The Bertz CT molecular complexity index is 525. The highest BCUT2D eigenvalue weighted by Gasteiger charge is 2.39. The molecule has 2 N–H and O–H groups in total. The van der Waals surface area contributed by atoms with Crippen LogP contribution in [0.1, 0.15) is 60.3 Å². The molecule has 0 aliphatic heterocycles. The summed E-state index contributed by atoms with van der Waals surface area (Å²) in [6.45, 7) is 18.8. The molecule has 2 saturated carbocycles. The van der Waals surface area contributed by atoms with Gasteiger partial charge in [0, 0.05) is 27.9 Å². The van der Waals surface area contributed by atoms with E-state index < -0.39 is 0 Å². The van der Waals surface area contributed by atoms with E-state index in [1.165, 1.54) is 36.8 Å². The molecule has 0 amide bonds. The average molecular weight is 287 g/mol. The lowest BCUT2D eigenvalue weighted by Gasteiger charge is -2.23. The molecular formula is C18H29N3. The highest BCUT2D eigenvalue weighted by molar-refractivity contribution is 5.50. The van der Waals surface area contributed by atoms with Crippen molar-refractivity contribution < 1.29 is 0 Å². The second kappa shape index (κ2) is 5.36. The second-order valence-corrected chi connectivity index (χ2v) is 7.36. The molecule has 2 aliphatic carbocycles. The SMILES string of the molecule is C=N/C(NC1(C)CC1)=C(\C)C(C(=C)NC1(C)CC1)=C(C)C. The molecule has 0 saturated heterocycles. The number of hydrogen-bond acceptors (Lipinski definition) is 3. The minimum absolute atomic E-state index is 0.196. The molecule has 0 aromatic carbocycles. The largest absolute Gasteiger partial charge is 0.380 e. The summed E-state index contributed by atoms with van der Waals surface area (Å²) in [4.78, 5) is 4.23. The maximum atomic E-state index is 4.26. The lowest BCUT2D eigenvalue weighted by molar-refractivity contribution is 0.597. The van der Waals surface area contributed by atoms with E-state index in [0.29, 0.717) is 0 Å². The van der Waals surface area contributed by atoms with Gasteiger partial charge in [-0.05, 0) is 67.0 Å². The summed E-state index contributed by atoms with van der Waals surface area (Å²) in [5.41, 5.74) is 4.97. The van der Waals surface area contributed by atoms with Crippen LogP contribution < -0.4 is 10.6 Å². The molecule has 0 atom stereocenters. The smallest absolute Gasteiger partial charge is 0.129 e. The Morgan fingerprint density at radius 1 is 0.952 bits per heavy atom. The number of allylic oxidation sites excluding steroid dienone is 2. The van der Waals surface area contributed by atoms with Crippen molar-refractivity contribution in [2.24, 2.45) is 4.99 Å². The van der Waals surface area contributed by atoms with Crippen molar-refractivity contribution in [3.63, 3.8) is 0 Å². The van der Waals surface area contributed by atoms with E-state index >= 15 is 0 Å².